The topological polar surface area (TPSA) is 52.1 Å². The summed E-state index contributed by atoms with van der Waals surface area (Å²) in [5.41, 5.74) is 1.55. The Balaban J connectivity index is 1.72. The number of fused-ring (bicyclic) bond motifs is 3. The predicted octanol–water partition coefficient (Wildman–Crippen LogP) is 2.81. The first-order valence-electron chi connectivity index (χ1n) is 7.15. The summed E-state index contributed by atoms with van der Waals surface area (Å²) in [5.74, 6) is 0.685. The Morgan fingerprint density at radius 3 is 2.75 bits per heavy atom. The Hall–Kier alpha value is -1.26. The molecule has 2 fully saturated rings. The molecule has 2 N–H and O–H groups in total. The van der Waals surface area contributed by atoms with E-state index in [1.54, 1.807) is 6.20 Å². The van der Waals surface area contributed by atoms with Crippen LogP contribution in [0.5, 0.6) is 0 Å². The van der Waals surface area contributed by atoms with Gasteiger partial charge in [-0.15, -0.1) is 0 Å². The van der Waals surface area contributed by atoms with E-state index in [0.29, 0.717) is 11.8 Å². The molecule has 1 aromatic carbocycles. The molecule has 4 nitrogen and oxygen atoms in total. The van der Waals surface area contributed by atoms with Crippen LogP contribution in [0.15, 0.2) is 18.3 Å². The fraction of sp³-hybridized carbons (Fsp3) is 0.533. The van der Waals surface area contributed by atoms with Crippen LogP contribution in [0.1, 0.15) is 19.8 Å². The summed E-state index contributed by atoms with van der Waals surface area (Å²) < 4.78 is 0. The van der Waals surface area contributed by atoms with Crippen molar-refractivity contribution in [3.8, 4) is 0 Å². The van der Waals surface area contributed by atoms with Gasteiger partial charge in [-0.2, -0.15) is 5.10 Å². The molecule has 1 aliphatic heterocycles. The maximum atomic E-state index is 10.6. The molecule has 2 aromatic rings. The number of benzene rings is 1. The predicted molar refractivity (Wildman–Crippen MR) is 80.2 cm³/mol. The number of aromatic nitrogens is 2. The standard InChI is InChI=1S/C15H18ClN3O/c1-15(20)10-2-3-11(15)8-19(7-10)14-5-13-9(4-12(14)16)6-17-18-13/h4-6,10-11,20H,2-3,7-8H2,1H3,(H,17,18)/t10-,11+,15?. The maximum absolute atomic E-state index is 10.6. The largest absolute Gasteiger partial charge is 0.389 e. The molecule has 1 aromatic heterocycles. The maximum Gasteiger partial charge on any atom is 0.0709 e. The highest BCUT2D eigenvalue weighted by Gasteiger charge is 2.49. The third kappa shape index (κ3) is 1.68. The van der Waals surface area contributed by atoms with Gasteiger partial charge in [0.05, 0.1) is 28.0 Å². The monoisotopic (exact) mass is 291 g/mol. The van der Waals surface area contributed by atoms with Crippen LogP contribution in [0.25, 0.3) is 10.9 Å². The highest BCUT2D eigenvalue weighted by molar-refractivity contribution is 6.34. The lowest BCUT2D eigenvalue weighted by Crippen LogP contribution is -2.52. The number of halogens is 1. The van der Waals surface area contributed by atoms with Crippen molar-refractivity contribution >= 4 is 28.2 Å². The van der Waals surface area contributed by atoms with E-state index in [9.17, 15) is 5.11 Å². The van der Waals surface area contributed by atoms with E-state index in [4.69, 9.17) is 11.6 Å². The number of piperidine rings is 1. The molecule has 0 spiro atoms. The van der Waals surface area contributed by atoms with Crippen molar-refractivity contribution in [1.82, 2.24) is 10.2 Å². The molecular weight excluding hydrogens is 274 g/mol. The quantitative estimate of drug-likeness (QED) is 0.849. The molecule has 20 heavy (non-hydrogen) atoms. The van der Waals surface area contributed by atoms with Crippen molar-refractivity contribution in [1.29, 1.82) is 0 Å². The van der Waals surface area contributed by atoms with Crippen LogP contribution in [0.3, 0.4) is 0 Å². The smallest absolute Gasteiger partial charge is 0.0709 e. The fourth-order valence-electron chi connectivity index (χ4n) is 3.87. The Morgan fingerprint density at radius 1 is 1.35 bits per heavy atom. The van der Waals surface area contributed by atoms with Crippen LogP contribution in [-0.4, -0.2) is 34.0 Å². The van der Waals surface area contributed by atoms with E-state index in [1.807, 2.05) is 13.0 Å². The number of nitrogens with one attached hydrogen (secondary N) is 1. The van der Waals surface area contributed by atoms with Gasteiger partial charge in [0.1, 0.15) is 0 Å². The van der Waals surface area contributed by atoms with Gasteiger partial charge in [-0.1, -0.05) is 11.6 Å². The molecule has 106 valence electrons. The van der Waals surface area contributed by atoms with Crippen molar-refractivity contribution in [2.24, 2.45) is 11.8 Å². The highest BCUT2D eigenvalue weighted by atomic mass is 35.5. The van der Waals surface area contributed by atoms with E-state index in [-0.39, 0.29) is 0 Å². The summed E-state index contributed by atoms with van der Waals surface area (Å²) in [6, 6.07) is 4.04. The molecule has 1 aliphatic carbocycles. The zero-order chi connectivity index (χ0) is 13.9. The summed E-state index contributed by atoms with van der Waals surface area (Å²) in [6.45, 7) is 3.75. The molecule has 2 bridgehead atoms. The van der Waals surface area contributed by atoms with Crippen molar-refractivity contribution < 1.29 is 5.11 Å². The van der Waals surface area contributed by atoms with E-state index < -0.39 is 5.60 Å². The van der Waals surface area contributed by atoms with E-state index in [1.165, 1.54) is 0 Å². The summed E-state index contributed by atoms with van der Waals surface area (Å²) in [5, 5.41) is 19.4. The average Bonchev–Trinajstić information content (AvgIpc) is 2.85. The van der Waals surface area contributed by atoms with Gasteiger partial charge in [0.25, 0.3) is 0 Å². The molecule has 0 amide bonds. The van der Waals surface area contributed by atoms with Gasteiger partial charge < -0.3 is 10.0 Å². The third-order valence-corrected chi connectivity index (χ3v) is 5.55. The van der Waals surface area contributed by atoms with Gasteiger partial charge in [0, 0.05) is 30.3 Å². The molecule has 1 saturated carbocycles. The average molecular weight is 292 g/mol. The van der Waals surface area contributed by atoms with Crippen LogP contribution in [0.2, 0.25) is 5.02 Å². The minimum Gasteiger partial charge on any atom is -0.389 e. The van der Waals surface area contributed by atoms with Crippen LogP contribution >= 0.6 is 11.6 Å². The lowest BCUT2D eigenvalue weighted by Gasteiger charge is -2.43. The number of hydrogen-bond acceptors (Lipinski definition) is 3. The van der Waals surface area contributed by atoms with Gasteiger partial charge in [-0.05, 0) is 31.9 Å². The Labute approximate surface area is 122 Å². The normalized spacial score (nSPS) is 33.0. The number of anilines is 1. The Kier molecular flexibility index (Phi) is 2.57. The molecule has 2 heterocycles. The van der Waals surface area contributed by atoms with Crippen LogP contribution in [0.4, 0.5) is 5.69 Å². The van der Waals surface area contributed by atoms with Crippen molar-refractivity contribution in [3.63, 3.8) is 0 Å². The molecular formula is C15H18ClN3O. The van der Waals surface area contributed by atoms with Crippen LogP contribution < -0.4 is 4.90 Å². The second-order valence-corrected chi connectivity index (χ2v) is 6.77. The second-order valence-electron chi connectivity index (χ2n) is 6.36. The third-order valence-electron chi connectivity index (χ3n) is 5.25. The van der Waals surface area contributed by atoms with Gasteiger partial charge in [-0.25, -0.2) is 0 Å². The number of aliphatic hydroxyl groups is 1. The van der Waals surface area contributed by atoms with E-state index in [2.05, 4.69) is 21.2 Å². The molecule has 4 rings (SSSR count). The Morgan fingerprint density at radius 2 is 2.05 bits per heavy atom. The molecule has 3 atom stereocenters. The second kappa shape index (κ2) is 4.12. The number of H-pyrrole nitrogens is 1. The van der Waals surface area contributed by atoms with E-state index in [0.717, 1.165) is 47.5 Å². The number of aromatic amines is 1. The van der Waals surface area contributed by atoms with Crippen LogP contribution in [-0.2, 0) is 0 Å². The summed E-state index contributed by atoms with van der Waals surface area (Å²) >= 11 is 6.43. The minimum absolute atomic E-state index is 0.342. The van der Waals surface area contributed by atoms with Gasteiger partial charge in [-0.3, -0.25) is 5.10 Å². The van der Waals surface area contributed by atoms with Crippen molar-refractivity contribution in [2.45, 2.75) is 25.4 Å². The minimum atomic E-state index is -0.513. The van der Waals surface area contributed by atoms with Crippen molar-refractivity contribution in [3.05, 3.63) is 23.4 Å². The molecule has 2 aliphatic rings. The fourth-order valence-corrected chi connectivity index (χ4v) is 4.16. The number of hydrogen-bond donors (Lipinski definition) is 2. The number of nitrogens with zero attached hydrogens (tertiary/aromatic N) is 2. The van der Waals surface area contributed by atoms with Crippen LogP contribution in [0, 0.1) is 11.8 Å². The zero-order valence-electron chi connectivity index (χ0n) is 11.4. The first kappa shape index (κ1) is 12.5. The highest BCUT2D eigenvalue weighted by Crippen LogP contribution is 2.46. The zero-order valence-corrected chi connectivity index (χ0v) is 12.2. The molecule has 0 radical (unpaired) electrons. The van der Waals surface area contributed by atoms with Gasteiger partial charge in [0.15, 0.2) is 0 Å². The lowest BCUT2D eigenvalue weighted by atomic mass is 9.82. The molecule has 1 unspecified atom stereocenters. The summed E-state index contributed by atoms with van der Waals surface area (Å²) in [7, 11) is 0. The number of rotatable bonds is 1. The van der Waals surface area contributed by atoms with Gasteiger partial charge in [0.2, 0.25) is 0 Å². The molecule has 5 heteroatoms. The summed E-state index contributed by atoms with van der Waals surface area (Å²) in [4.78, 5) is 2.32. The molecule has 1 saturated heterocycles. The van der Waals surface area contributed by atoms with E-state index >= 15 is 0 Å². The Bertz CT molecular complexity index is 650. The summed E-state index contributed by atoms with van der Waals surface area (Å²) in [6.07, 6.45) is 4.01. The SMILES string of the molecule is CC1(O)[C@@H]2CC[C@H]1CN(c1cc3[nH]ncc3cc1Cl)C2. The van der Waals surface area contributed by atoms with Gasteiger partial charge >= 0.3 is 0 Å². The lowest BCUT2D eigenvalue weighted by molar-refractivity contribution is -0.0271. The first-order valence-corrected chi connectivity index (χ1v) is 7.53. The van der Waals surface area contributed by atoms with Crippen molar-refractivity contribution in [2.75, 3.05) is 18.0 Å². The first-order chi connectivity index (χ1) is 9.55.